The van der Waals surface area contributed by atoms with Crippen molar-refractivity contribution in [3.8, 4) is 0 Å². The molecule has 2 amide bonds. The maximum Gasteiger partial charge on any atom is 0.325 e. The summed E-state index contributed by atoms with van der Waals surface area (Å²) in [5.41, 5.74) is 3.60. The van der Waals surface area contributed by atoms with Crippen molar-refractivity contribution in [3.05, 3.63) is 74.8 Å². The number of fused-ring (bicyclic) bond motifs is 1. The van der Waals surface area contributed by atoms with Gasteiger partial charge in [-0.2, -0.15) is 0 Å². The van der Waals surface area contributed by atoms with Gasteiger partial charge in [0.15, 0.2) is 4.34 Å². The Balaban J connectivity index is 1.38. The molecule has 8 nitrogen and oxygen atoms in total. The average Bonchev–Trinajstić information content (AvgIpc) is 3.17. The summed E-state index contributed by atoms with van der Waals surface area (Å²) in [7, 11) is 0. The molecule has 0 atom stereocenters. The Morgan fingerprint density at radius 2 is 2.00 bits per heavy atom. The standard InChI is InChI=1S/C20H17ClN6O2S2/c1-11-5-6-13(8-15(11)21)23-18(29)24-19-25-26-20(31-19)30-10-14-9-16(28)27-7-3-4-12(2)17(27)22-14/h3-9H,10H2,1-2H3,(H2,23,24,25,29). The fraction of sp³-hybridized carbons (Fsp3) is 0.150. The highest BCUT2D eigenvalue weighted by atomic mass is 35.5. The lowest BCUT2D eigenvalue weighted by Crippen LogP contribution is -2.19. The summed E-state index contributed by atoms with van der Waals surface area (Å²) >= 11 is 8.71. The van der Waals surface area contributed by atoms with E-state index in [1.807, 2.05) is 32.0 Å². The van der Waals surface area contributed by atoms with Crippen molar-refractivity contribution < 1.29 is 4.79 Å². The van der Waals surface area contributed by atoms with Crippen LogP contribution in [0.25, 0.3) is 5.65 Å². The topological polar surface area (TPSA) is 101 Å². The van der Waals surface area contributed by atoms with Gasteiger partial charge in [-0.3, -0.25) is 14.5 Å². The molecule has 0 aliphatic rings. The van der Waals surface area contributed by atoms with E-state index in [9.17, 15) is 9.59 Å². The van der Waals surface area contributed by atoms with E-state index in [-0.39, 0.29) is 5.56 Å². The minimum atomic E-state index is -0.438. The number of benzene rings is 1. The molecule has 0 saturated carbocycles. The molecule has 0 aliphatic heterocycles. The number of pyridine rings is 1. The normalized spacial score (nSPS) is 10.9. The highest BCUT2D eigenvalue weighted by Crippen LogP contribution is 2.28. The quantitative estimate of drug-likeness (QED) is 0.321. The first kappa shape index (κ1) is 21.3. The van der Waals surface area contributed by atoms with Crippen LogP contribution in [0.15, 0.2) is 51.7 Å². The molecule has 4 rings (SSSR count). The second-order valence-electron chi connectivity index (χ2n) is 6.68. The summed E-state index contributed by atoms with van der Waals surface area (Å²) in [6.07, 6.45) is 1.70. The van der Waals surface area contributed by atoms with Crippen molar-refractivity contribution in [2.75, 3.05) is 10.6 Å². The van der Waals surface area contributed by atoms with Crippen LogP contribution in [0.4, 0.5) is 15.6 Å². The Bertz CT molecular complexity index is 1340. The minimum absolute atomic E-state index is 0.128. The van der Waals surface area contributed by atoms with Crippen molar-refractivity contribution in [1.29, 1.82) is 0 Å². The zero-order chi connectivity index (χ0) is 22.0. The Kier molecular flexibility index (Phi) is 6.21. The van der Waals surface area contributed by atoms with E-state index in [1.54, 1.807) is 18.3 Å². The van der Waals surface area contributed by atoms with E-state index in [4.69, 9.17) is 11.6 Å². The lowest BCUT2D eigenvalue weighted by Gasteiger charge is -2.06. The summed E-state index contributed by atoms with van der Waals surface area (Å²) in [5.74, 6) is 0.461. The average molecular weight is 473 g/mol. The second-order valence-corrected chi connectivity index (χ2v) is 9.28. The number of urea groups is 1. The number of hydrogen-bond acceptors (Lipinski definition) is 7. The van der Waals surface area contributed by atoms with E-state index in [2.05, 4.69) is 25.8 Å². The Labute approximate surface area is 190 Å². The van der Waals surface area contributed by atoms with Gasteiger partial charge in [-0.05, 0) is 43.2 Å². The molecule has 11 heteroatoms. The lowest BCUT2D eigenvalue weighted by molar-refractivity contribution is 0.262. The lowest BCUT2D eigenvalue weighted by atomic mass is 10.2. The van der Waals surface area contributed by atoms with Crippen LogP contribution in [0.5, 0.6) is 0 Å². The monoisotopic (exact) mass is 472 g/mol. The third kappa shape index (κ3) is 5.04. The first-order valence-corrected chi connectivity index (χ1v) is 11.4. The molecule has 0 fully saturated rings. The Morgan fingerprint density at radius 1 is 1.16 bits per heavy atom. The number of nitrogens with zero attached hydrogens (tertiary/aromatic N) is 4. The molecule has 2 N–H and O–H groups in total. The minimum Gasteiger partial charge on any atom is -0.308 e. The van der Waals surface area contributed by atoms with Gasteiger partial charge in [-0.15, -0.1) is 10.2 Å². The maximum absolute atomic E-state index is 12.3. The number of rotatable bonds is 5. The number of carbonyl (C=O) groups is 1. The molecule has 1 aromatic carbocycles. The highest BCUT2D eigenvalue weighted by Gasteiger charge is 2.11. The zero-order valence-electron chi connectivity index (χ0n) is 16.5. The molecule has 0 bridgehead atoms. The summed E-state index contributed by atoms with van der Waals surface area (Å²) in [4.78, 5) is 29.1. The first-order valence-electron chi connectivity index (χ1n) is 9.17. The van der Waals surface area contributed by atoms with Crippen LogP contribution >= 0.6 is 34.7 Å². The van der Waals surface area contributed by atoms with E-state index in [0.29, 0.717) is 37.3 Å². The number of carbonyl (C=O) groups excluding carboxylic acids is 1. The number of anilines is 2. The van der Waals surface area contributed by atoms with Gasteiger partial charge >= 0.3 is 6.03 Å². The second kappa shape index (κ2) is 9.04. The van der Waals surface area contributed by atoms with Gasteiger partial charge in [0.05, 0.1) is 5.69 Å². The molecule has 3 aromatic heterocycles. The van der Waals surface area contributed by atoms with Crippen LogP contribution in [-0.4, -0.2) is 25.6 Å². The van der Waals surface area contributed by atoms with Gasteiger partial charge in [-0.25, -0.2) is 9.78 Å². The number of aryl methyl sites for hydroxylation is 2. The number of thioether (sulfide) groups is 1. The summed E-state index contributed by atoms with van der Waals surface area (Å²) in [5, 5.41) is 14.4. The van der Waals surface area contributed by atoms with Gasteiger partial charge < -0.3 is 5.32 Å². The molecule has 0 spiro atoms. The molecular weight excluding hydrogens is 456 g/mol. The molecule has 158 valence electrons. The van der Waals surface area contributed by atoms with Crippen LogP contribution in [0.3, 0.4) is 0 Å². The molecule has 0 aliphatic carbocycles. The third-order valence-electron chi connectivity index (χ3n) is 4.34. The molecule has 0 unspecified atom stereocenters. The van der Waals surface area contributed by atoms with Crippen LogP contribution < -0.4 is 16.2 Å². The summed E-state index contributed by atoms with van der Waals surface area (Å²) in [6, 6.07) is 10.1. The van der Waals surface area contributed by atoms with Gasteiger partial charge in [0, 0.05) is 28.7 Å². The molecule has 0 radical (unpaired) electrons. The van der Waals surface area contributed by atoms with Crippen molar-refractivity contribution in [2.45, 2.75) is 23.9 Å². The zero-order valence-corrected chi connectivity index (χ0v) is 18.9. The van der Waals surface area contributed by atoms with Crippen LogP contribution in [0.1, 0.15) is 16.8 Å². The molecular formula is C20H17ClN6O2S2. The van der Waals surface area contributed by atoms with E-state index in [0.717, 1.165) is 11.1 Å². The predicted octanol–water partition coefficient (Wildman–Crippen LogP) is 4.75. The van der Waals surface area contributed by atoms with E-state index in [1.165, 1.54) is 33.6 Å². The molecule has 31 heavy (non-hydrogen) atoms. The van der Waals surface area contributed by atoms with Crippen LogP contribution in [-0.2, 0) is 5.75 Å². The molecule has 4 aromatic rings. The maximum atomic E-state index is 12.3. The van der Waals surface area contributed by atoms with Gasteiger partial charge in [0.25, 0.3) is 5.56 Å². The van der Waals surface area contributed by atoms with Gasteiger partial charge in [-0.1, -0.05) is 46.8 Å². The summed E-state index contributed by atoms with van der Waals surface area (Å²) < 4.78 is 2.18. The number of aromatic nitrogens is 4. The number of nitrogens with one attached hydrogen (secondary N) is 2. The summed E-state index contributed by atoms with van der Waals surface area (Å²) in [6.45, 7) is 3.80. The molecule has 0 saturated heterocycles. The van der Waals surface area contributed by atoms with Crippen LogP contribution in [0, 0.1) is 13.8 Å². The fourth-order valence-corrected chi connectivity index (χ4v) is 4.59. The number of hydrogen-bond donors (Lipinski definition) is 2. The SMILES string of the molecule is Cc1ccc(NC(=O)Nc2nnc(SCc3cc(=O)n4cccc(C)c4n3)s2)cc1Cl. The Hall–Kier alpha value is -2.95. The third-order valence-corrected chi connectivity index (χ3v) is 6.75. The van der Waals surface area contributed by atoms with E-state index < -0.39 is 6.03 Å². The largest absolute Gasteiger partial charge is 0.325 e. The van der Waals surface area contributed by atoms with Crippen LogP contribution in [0.2, 0.25) is 5.02 Å². The predicted molar refractivity (Wildman–Crippen MR) is 124 cm³/mol. The van der Waals surface area contributed by atoms with E-state index >= 15 is 0 Å². The number of halogens is 1. The van der Waals surface area contributed by atoms with Crippen molar-refractivity contribution >= 4 is 57.2 Å². The highest BCUT2D eigenvalue weighted by molar-refractivity contribution is 8.00. The molecule has 3 heterocycles. The number of amides is 2. The van der Waals surface area contributed by atoms with Gasteiger partial charge in [0.2, 0.25) is 5.13 Å². The first-order chi connectivity index (χ1) is 14.9. The Morgan fingerprint density at radius 3 is 2.81 bits per heavy atom. The van der Waals surface area contributed by atoms with Crippen molar-refractivity contribution in [1.82, 2.24) is 19.6 Å². The fourth-order valence-electron chi connectivity index (χ4n) is 2.77. The van der Waals surface area contributed by atoms with Crippen molar-refractivity contribution in [3.63, 3.8) is 0 Å². The van der Waals surface area contributed by atoms with Gasteiger partial charge in [0.1, 0.15) is 5.65 Å². The van der Waals surface area contributed by atoms with Crippen molar-refractivity contribution in [2.24, 2.45) is 0 Å². The smallest absolute Gasteiger partial charge is 0.308 e.